The first-order valence-electron chi connectivity index (χ1n) is 7.95. The third kappa shape index (κ3) is 4.48. The molecule has 0 aliphatic carbocycles. The lowest BCUT2D eigenvalue weighted by Gasteiger charge is -2.25. The van der Waals surface area contributed by atoms with Gasteiger partial charge in [-0.15, -0.1) is 0 Å². The zero-order chi connectivity index (χ0) is 17.9. The number of hydrogen-bond donors (Lipinski definition) is 2. The number of pyridine rings is 1. The fourth-order valence-corrected chi connectivity index (χ4v) is 4.53. The molecule has 7 nitrogen and oxygen atoms in total. The highest BCUT2D eigenvalue weighted by Gasteiger charge is 2.30. The number of rotatable bonds is 4. The minimum atomic E-state index is -2.93. The van der Waals surface area contributed by atoms with E-state index in [1.165, 1.54) is 0 Å². The Hall–Kier alpha value is -2.61. The van der Waals surface area contributed by atoms with Crippen molar-refractivity contribution in [1.82, 2.24) is 4.98 Å². The first-order valence-corrected chi connectivity index (χ1v) is 9.77. The smallest absolute Gasteiger partial charge is 0.324 e. The molecule has 1 unspecified atom stereocenters. The summed E-state index contributed by atoms with van der Waals surface area (Å²) in [6, 6.07) is 12.2. The summed E-state index contributed by atoms with van der Waals surface area (Å²) in [6.07, 6.45) is 2.25. The van der Waals surface area contributed by atoms with E-state index in [4.69, 9.17) is 0 Å². The first-order chi connectivity index (χ1) is 11.9. The number of urea groups is 1. The number of amides is 2. The van der Waals surface area contributed by atoms with Crippen LogP contribution in [0.2, 0.25) is 0 Å². The molecule has 1 aliphatic heterocycles. The molecule has 1 fully saturated rings. The van der Waals surface area contributed by atoms with E-state index in [0.717, 1.165) is 5.69 Å². The summed E-state index contributed by atoms with van der Waals surface area (Å²) in [5.74, 6) is 0.821. The molecule has 2 heterocycles. The van der Waals surface area contributed by atoms with Crippen LogP contribution in [0.1, 0.15) is 6.42 Å². The van der Waals surface area contributed by atoms with Crippen molar-refractivity contribution in [2.75, 3.05) is 34.1 Å². The van der Waals surface area contributed by atoms with Crippen molar-refractivity contribution in [3.8, 4) is 0 Å². The SMILES string of the molecule is CN(c1ccc(NC(=O)Nc2ccccc2)nc1)C1CCS(=O)(=O)C1. The number of nitrogens with one attached hydrogen (secondary N) is 2. The Kier molecular flexibility index (Phi) is 4.89. The molecular weight excluding hydrogens is 340 g/mol. The second-order valence-corrected chi connectivity index (χ2v) is 8.24. The zero-order valence-electron chi connectivity index (χ0n) is 13.8. The van der Waals surface area contributed by atoms with Gasteiger partial charge in [0.1, 0.15) is 5.82 Å². The van der Waals surface area contributed by atoms with Crippen LogP contribution in [0.15, 0.2) is 48.7 Å². The predicted molar refractivity (Wildman–Crippen MR) is 98.8 cm³/mol. The van der Waals surface area contributed by atoms with E-state index >= 15 is 0 Å². The molecule has 0 spiro atoms. The third-order valence-corrected chi connectivity index (χ3v) is 5.93. The minimum absolute atomic E-state index is 0.0352. The molecule has 1 aliphatic rings. The molecule has 0 bridgehead atoms. The van der Waals surface area contributed by atoms with E-state index in [9.17, 15) is 13.2 Å². The van der Waals surface area contributed by atoms with E-state index in [2.05, 4.69) is 15.6 Å². The van der Waals surface area contributed by atoms with Crippen molar-refractivity contribution in [3.63, 3.8) is 0 Å². The molecule has 1 aromatic heterocycles. The lowest BCUT2D eigenvalue weighted by Crippen LogP contribution is -2.32. The molecule has 1 aromatic carbocycles. The number of benzene rings is 1. The highest BCUT2D eigenvalue weighted by Crippen LogP contribution is 2.23. The zero-order valence-corrected chi connectivity index (χ0v) is 14.7. The highest BCUT2D eigenvalue weighted by molar-refractivity contribution is 7.91. The largest absolute Gasteiger partial charge is 0.369 e. The maximum Gasteiger partial charge on any atom is 0.324 e. The van der Waals surface area contributed by atoms with Gasteiger partial charge in [0.25, 0.3) is 0 Å². The number of anilines is 3. The number of nitrogens with zero attached hydrogens (tertiary/aromatic N) is 2. The van der Waals surface area contributed by atoms with Gasteiger partial charge in [-0.1, -0.05) is 18.2 Å². The molecule has 1 saturated heterocycles. The van der Waals surface area contributed by atoms with Gasteiger partial charge < -0.3 is 10.2 Å². The van der Waals surface area contributed by atoms with E-state index < -0.39 is 9.84 Å². The van der Waals surface area contributed by atoms with Crippen LogP contribution in [0, 0.1) is 0 Å². The standard InChI is InChI=1S/C17H20N4O3S/c1-21(15-9-10-25(23,24)12-15)14-7-8-16(18-11-14)20-17(22)19-13-5-3-2-4-6-13/h2-8,11,15H,9-10,12H2,1H3,(H2,18,19,20,22). The summed E-state index contributed by atoms with van der Waals surface area (Å²) in [6.45, 7) is 0. The molecule has 0 radical (unpaired) electrons. The summed E-state index contributed by atoms with van der Waals surface area (Å²) in [5.41, 5.74) is 1.51. The van der Waals surface area contributed by atoms with E-state index in [1.807, 2.05) is 36.2 Å². The van der Waals surface area contributed by atoms with Crippen LogP contribution in [-0.2, 0) is 9.84 Å². The summed E-state index contributed by atoms with van der Waals surface area (Å²) in [7, 11) is -1.07. The van der Waals surface area contributed by atoms with Gasteiger partial charge in [-0.3, -0.25) is 5.32 Å². The number of sulfone groups is 1. The molecule has 2 N–H and O–H groups in total. The van der Waals surface area contributed by atoms with Gasteiger partial charge in [-0.2, -0.15) is 0 Å². The highest BCUT2D eigenvalue weighted by atomic mass is 32.2. The minimum Gasteiger partial charge on any atom is -0.369 e. The average Bonchev–Trinajstić information content (AvgIpc) is 2.96. The molecular formula is C17H20N4O3S. The number of carbonyl (C=O) groups excluding carboxylic acids is 1. The van der Waals surface area contributed by atoms with Crippen molar-refractivity contribution in [2.24, 2.45) is 0 Å². The molecule has 25 heavy (non-hydrogen) atoms. The van der Waals surface area contributed by atoms with Crippen molar-refractivity contribution in [1.29, 1.82) is 0 Å². The summed E-state index contributed by atoms with van der Waals surface area (Å²) >= 11 is 0. The molecule has 8 heteroatoms. The van der Waals surface area contributed by atoms with Crippen molar-refractivity contribution in [2.45, 2.75) is 12.5 Å². The monoisotopic (exact) mass is 360 g/mol. The van der Waals surface area contributed by atoms with Gasteiger partial charge in [0.05, 0.1) is 23.4 Å². The topological polar surface area (TPSA) is 91.4 Å². The van der Waals surface area contributed by atoms with Crippen molar-refractivity contribution >= 4 is 33.1 Å². The molecule has 3 rings (SSSR count). The van der Waals surface area contributed by atoms with Gasteiger partial charge >= 0.3 is 6.03 Å². The van der Waals surface area contributed by atoms with Crippen LogP contribution < -0.4 is 15.5 Å². The fourth-order valence-electron chi connectivity index (χ4n) is 2.76. The van der Waals surface area contributed by atoms with Gasteiger partial charge in [-0.05, 0) is 30.7 Å². The summed E-state index contributed by atoms with van der Waals surface area (Å²) in [4.78, 5) is 18.1. The molecule has 2 amide bonds. The second-order valence-electron chi connectivity index (χ2n) is 6.01. The van der Waals surface area contributed by atoms with Crippen molar-refractivity contribution in [3.05, 3.63) is 48.7 Å². The molecule has 2 aromatic rings. The normalized spacial score (nSPS) is 18.5. The van der Waals surface area contributed by atoms with Gasteiger partial charge in [-0.25, -0.2) is 18.2 Å². The number of para-hydroxylation sites is 1. The second kappa shape index (κ2) is 7.10. The quantitative estimate of drug-likeness (QED) is 0.873. The van der Waals surface area contributed by atoms with E-state index in [-0.39, 0.29) is 23.6 Å². The van der Waals surface area contributed by atoms with Gasteiger partial charge in [0.15, 0.2) is 9.84 Å². The lowest BCUT2D eigenvalue weighted by atomic mass is 10.2. The van der Waals surface area contributed by atoms with Crippen LogP contribution in [0.4, 0.5) is 22.0 Å². The number of aromatic nitrogens is 1. The average molecular weight is 360 g/mol. The number of hydrogen-bond acceptors (Lipinski definition) is 5. The summed E-state index contributed by atoms with van der Waals surface area (Å²) in [5, 5.41) is 5.38. The lowest BCUT2D eigenvalue weighted by molar-refractivity contribution is 0.262. The van der Waals surface area contributed by atoms with Crippen LogP contribution in [0.25, 0.3) is 0 Å². The Morgan fingerprint density at radius 1 is 1.16 bits per heavy atom. The Morgan fingerprint density at radius 3 is 2.52 bits per heavy atom. The Bertz CT molecular complexity index is 838. The van der Waals surface area contributed by atoms with Gasteiger partial charge in [0, 0.05) is 18.8 Å². The molecule has 1 atom stereocenters. The summed E-state index contributed by atoms with van der Waals surface area (Å²) < 4.78 is 23.2. The van der Waals surface area contributed by atoms with E-state index in [0.29, 0.717) is 17.9 Å². The maximum atomic E-state index is 11.9. The van der Waals surface area contributed by atoms with Crippen LogP contribution in [0.5, 0.6) is 0 Å². The van der Waals surface area contributed by atoms with E-state index in [1.54, 1.807) is 24.4 Å². The Labute approximate surface area is 147 Å². The van der Waals surface area contributed by atoms with Crippen LogP contribution in [0.3, 0.4) is 0 Å². The number of carbonyl (C=O) groups is 1. The predicted octanol–water partition coefficient (Wildman–Crippen LogP) is 2.35. The molecule has 132 valence electrons. The Morgan fingerprint density at radius 2 is 1.92 bits per heavy atom. The Balaban J connectivity index is 1.59. The fraction of sp³-hybridized carbons (Fsp3) is 0.294. The first kappa shape index (κ1) is 17.2. The van der Waals surface area contributed by atoms with Crippen LogP contribution >= 0.6 is 0 Å². The molecule has 0 saturated carbocycles. The van der Waals surface area contributed by atoms with Gasteiger partial charge in [0.2, 0.25) is 0 Å². The third-order valence-electron chi connectivity index (χ3n) is 4.18. The van der Waals surface area contributed by atoms with Crippen molar-refractivity contribution < 1.29 is 13.2 Å². The maximum absolute atomic E-state index is 11.9. The van der Waals surface area contributed by atoms with Crippen LogP contribution in [-0.4, -0.2) is 44.0 Å².